The molecule has 0 heterocycles. The van der Waals surface area contributed by atoms with Crippen molar-refractivity contribution in [2.24, 2.45) is 0 Å². The maximum Gasteiger partial charge on any atom is 0.406 e. The summed E-state index contributed by atoms with van der Waals surface area (Å²) in [6.07, 6.45) is -3.79. The first-order chi connectivity index (χ1) is 7.84. The molecule has 1 fully saturated rings. The third-order valence-electron chi connectivity index (χ3n) is 3.12. The van der Waals surface area contributed by atoms with Gasteiger partial charge in [-0.05, 0) is 37.0 Å². The van der Waals surface area contributed by atoms with E-state index in [-0.39, 0.29) is 19.4 Å². The van der Waals surface area contributed by atoms with Gasteiger partial charge in [-0.2, -0.15) is 13.2 Å². The summed E-state index contributed by atoms with van der Waals surface area (Å²) in [7, 11) is 0. The highest BCUT2D eigenvalue weighted by molar-refractivity contribution is 9.10. The van der Waals surface area contributed by atoms with Crippen LogP contribution >= 0.6 is 15.9 Å². The molecular formula is C12H13BrF3N. The van der Waals surface area contributed by atoms with Gasteiger partial charge in [-0.3, -0.25) is 5.32 Å². The van der Waals surface area contributed by atoms with E-state index >= 15 is 0 Å². The lowest BCUT2D eigenvalue weighted by atomic mass is 10.1. The van der Waals surface area contributed by atoms with Crippen molar-refractivity contribution >= 4 is 15.9 Å². The Hall–Kier alpha value is -0.550. The molecule has 2 rings (SSSR count). The number of benzene rings is 1. The highest BCUT2D eigenvalue weighted by atomic mass is 79.9. The second kappa shape index (κ2) is 4.28. The highest BCUT2D eigenvalue weighted by Crippen LogP contribution is 2.49. The lowest BCUT2D eigenvalue weighted by molar-refractivity contribution is -0.166. The van der Waals surface area contributed by atoms with Gasteiger partial charge in [0.25, 0.3) is 0 Å². The van der Waals surface area contributed by atoms with Crippen molar-refractivity contribution in [3.63, 3.8) is 0 Å². The molecule has 0 amide bonds. The molecular weight excluding hydrogens is 295 g/mol. The minimum atomic E-state index is -4.15. The Morgan fingerprint density at radius 2 is 2.00 bits per heavy atom. The third-order valence-corrected chi connectivity index (χ3v) is 3.86. The minimum absolute atomic E-state index is 0.181. The molecule has 5 heteroatoms. The predicted octanol–water partition coefficient (Wildman–Crippen LogP) is 3.94. The van der Waals surface area contributed by atoms with Gasteiger partial charge in [0.2, 0.25) is 0 Å². The molecule has 0 spiro atoms. The average molecular weight is 308 g/mol. The number of halogens is 4. The van der Waals surface area contributed by atoms with E-state index in [9.17, 15) is 13.2 Å². The molecule has 0 bridgehead atoms. The molecule has 1 aromatic rings. The third kappa shape index (κ3) is 2.65. The number of nitrogens with one attached hydrogen (secondary N) is 1. The summed E-state index contributed by atoms with van der Waals surface area (Å²) in [6, 6.07) is 5.65. The van der Waals surface area contributed by atoms with Gasteiger partial charge >= 0.3 is 6.18 Å². The molecule has 1 aliphatic carbocycles. The van der Waals surface area contributed by atoms with Gasteiger partial charge in [0.05, 0.1) is 0 Å². The van der Waals surface area contributed by atoms with E-state index in [1.165, 1.54) is 0 Å². The molecule has 17 heavy (non-hydrogen) atoms. The van der Waals surface area contributed by atoms with Gasteiger partial charge in [0, 0.05) is 11.0 Å². The fourth-order valence-electron chi connectivity index (χ4n) is 1.75. The van der Waals surface area contributed by atoms with Crippen LogP contribution in [0.4, 0.5) is 13.2 Å². The van der Waals surface area contributed by atoms with Crippen molar-refractivity contribution in [3.8, 4) is 0 Å². The molecule has 0 aromatic heterocycles. The van der Waals surface area contributed by atoms with E-state index < -0.39 is 11.7 Å². The van der Waals surface area contributed by atoms with Crippen molar-refractivity contribution in [1.82, 2.24) is 5.32 Å². The molecule has 0 aliphatic heterocycles. The number of hydrogen-bond acceptors (Lipinski definition) is 1. The van der Waals surface area contributed by atoms with E-state index in [0.29, 0.717) is 0 Å². The van der Waals surface area contributed by atoms with Crippen LogP contribution in [0.5, 0.6) is 0 Å². The zero-order valence-electron chi connectivity index (χ0n) is 9.37. The lowest BCUT2D eigenvalue weighted by Crippen LogP contribution is -2.44. The predicted molar refractivity (Wildman–Crippen MR) is 63.7 cm³/mol. The van der Waals surface area contributed by atoms with E-state index in [4.69, 9.17) is 0 Å². The Labute approximate surface area is 107 Å². The molecule has 0 unspecified atom stereocenters. The number of hydrogen-bond donors (Lipinski definition) is 1. The molecule has 0 saturated heterocycles. The summed E-state index contributed by atoms with van der Waals surface area (Å²) in [6.45, 7) is 2.18. The molecule has 0 atom stereocenters. The smallest absolute Gasteiger partial charge is 0.299 e. The first kappa shape index (κ1) is 12.9. The van der Waals surface area contributed by atoms with Crippen LogP contribution < -0.4 is 5.32 Å². The van der Waals surface area contributed by atoms with Gasteiger partial charge in [0.1, 0.15) is 5.54 Å². The molecule has 1 N–H and O–H groups in total. The van der Waals surface area contributed by atoms with Crippen LogP contribution in [0.2, 0.25) is 0 Å². The van der Waals surface area contributed by atoms with Gasteiger partial charge in [-0.15, -0.1) is 0 Å². The van der Waals surface area contributed by atoms with Crippen molar-refractivity contribution in [3.05, 3.63) is 33.8 Å². The first-order valence-corrected chi connectivity index (χ1v) is 6.20. The lowest BCUT2D eigenvalue weighted by Gasteiger charge is -2.21. The maximum absolute atomic E-state index is 12.7. The Kier molecular flexibility index (Phi) is 3.25. The van der Waals surface area contributed by atoms with E-state index in [2.05, 4.69) is 21.2 Å². The second-order valence-electron chi connectivity index (χ2n) is 4.53. The summed E-state index contributed by atoms with van der Waals surface area (Å²) >= 11 is 3.36. The minimum Gasteiger partial charge on any atom is -0.299 e. The number of aryl methyl sites for hydroxylation is 1. The molecule has 1 nitrogen and oxygen atoms in total. The summed E-state index contributed by atoms with van der Waals surface area (Å²) in [5.74, 6) is 0. The topological polar surface area (TPSA) is 12.0 Å². The van der Waals surface area contributed by atoms with Gasteiger partial charge < -0.3 is 0 Å². The fourth-order valence-corrected chi connectivity index (χ4v) is 2.38. The van der Waals surface area contributed by atoms with Crippen molar-refractivity contribution in [2.75, 3.05) is 0 Å². The molecule has 0 radical (unpaired) electrons. The molecule has 1 saturated carbocycles. The summed E-state index contributed by atoms with van der Waals surface area (Å²) in [4.78, 5) is 0. The van der Waals surface area contributed by atoms with Crippen molar-refractivity contribution in [2.45, 2.75) is 38.0 Å². The van der Waals surface area contributed by atoms with E-state index in [0.717, 1.165) is 15.6 Å². The maximum atomic E-state index is 12.7. The number of rotatable bonds is 3. The van der Waals surface area contributed by atoms with Crippen LogP contribution in [0.15, 0.2) is 22.7 Å². The van der Waals surface area contributed by atoms with Crippen LogP contribution in [-0.2, 0) is 6.54 Å². The normalized spacial score (nSPS) is 18.2. The zero-order chi connectivity index (χ0) is 12.7. The highest BCUT2D eigenvalue weighted by Gasteiger charge is 2.62. The average Bonchev–Trinajstić information content (AvgIpc) is 2.96. The Bertz CT molecular complexity index is 424. The van der Waals surface area contributed by atoms with Crippen LogP contribution in [0.1, 0.15) is 24.0 Å². The van der Waals surface area contributed by atoms with Crippen molar-refractivity contribution in [1.29, 1.82) is 0 Å². The van der Waals surface area contributed by atoms with Crippen LogP contribution in [-0.4, -0.2) is 11.7 Å². The standard InChI is InChI=1S/C12H13BrF3N/c1-8-2-3-9(10(13)6-8)7-17-11(4-5-11)12(14,15)16/h2-3,6,17H,4-5,7H2,1H3. The largest absolute Gasteiger partial charge is 0.406 e. The molecule has 94 valence electrons. The first-order valence-electron chi connectivity index (χ1n) is 5.41. The zero-order valence-corrected chi connectivity index (χ0v) is 11.0. The van der Waals surface area contributed by atoms with E-state index in [1.807, 2.05) is 25.1 Å². The Morgan fingerprint density at radius 3 is 2.47 bits per heavy atom. The summed E-state index contributed by atoms with van der Waals surface area (Å²) in [5.41, 5.74) is 0.292. The second-order valence-corrected chi connectivity index (χ2v) is 5.38. The van der Waals surface area contributed by atoms with Crippen molar-refractivity contribution < 1.29 is 13.2 Å². The van der Waals surface area contributed by atoms with Gasteiger partial charge in [-0.1, -0.05) is 28.1 Å². The molecule has 1 aromatic carbocycles. The van der Waals surface area contributed by atoms with E-state index in [1.54, 1.807) is 0 Å². The Morgan fingerprint density at radius 1 is 1.35 bits per heavy atom. The van der Waals surface area contributed by atoms with Gasteiger partial charge in [-0.25, -0.2) is 0 Å². The Balaban J connectivity index is 2.04. The number of alkyl halides is 3. The van der Waals surface area contributed by atoms with Crippen LogP contribution in [0, 0.1) is 6.92 Å². The summed E-state index contributed by atoms with van der Waals surface area (Å²) < 4.78 is 38.9. The summed E-state index contributed by atoms with van der Waals surface area (Å²) in [5, 5.41) is 2.63. The fraction of sp³-hybridized carbons (Fsp3) is 0.500. The quantitative estimate of drug-likeness (QED) is 0.892. The SMILES string of the molecule is Cc1ccc(CNC2(C(F)(F)F)CC2)c(Br)c1. The van der Waals surface area contributed by atoms with Crippen LogP contribution in [0.3, 0.4) is 0 Å². The van der Waals surface area contributed by atoms with Crippen LogP contribution in [0.25, 0.3) is 0 Å². The molecule has 1 aliphatic rings. The monoisotopic (exact) mass is 307 g/mol. The van der Waals surface area contributed by atoms with Gasteiger partial charge in [0.15, 0.2) is 0 Å².